The van der Waals surface area contributed by atoms with Crippen molar-refractivity contribution in [3.05, 3.63) is 23.8 Å². The summed E-state index contributed by atoms with van der Waals surface area (Å²) in [6.07, 6.45) is 0.839. The van der Waals surface area contributed by atoms with Gasteiger partial charge in [-0.1, -0.05) is 0 Å². The van der Waals surface area contributed by atoms with Crippen LogP contribution < -0.4 is 16.4 Å². The second-order valence-corrected chi connectivity index (χ2v) is 4.27. The molecule has 6 heteroatoms. The van der Waals surface area contributed by atoms with Crippen LogP contribution in [-0.2, 0) is 9.47 Å². The van der Waals surface area contributed by atoms with E-state index in [1.165, 1.54) is 0 Å². The van der Waals surface area contributed by atoms with E-state index >= 15 is 0 Å². The number of rotatable bonds is 9. The Morgan fingerprint density at radius 2 is 2.10 bits per heavy atom. The average Bonchev–Trinajstić information content (AvgIpc) is 2.45. The van der Waals surface area contributed by atoms with E-state index in [9.17, 15) is 4.79 Å². The summed E-state index contributed by atoms with van der Waals surface area (Å²) >= 11 is 0. The van der Waals surface area contributed by atoms with Gasteiger partial charge in [-0.15, -0.1) is 0 Å². The molecule has 0 saturated heterocycles. The van der Waals surface area contributed by atoms with Crippen LogP contribution in [0.2, 0.25) is 0 Å². The third-order valence-electron chi connectivity index (χ3n) is 2.73. The Bertz CT molecular complexity index is 424. The third kappa shape index (κ3) is 5.46. The van der Waals surface area contributed by atoms with E-state index in [1.54, 1.807) is 32.4 Å². The Kier molecular flexibility index (Phi) is 7.46. The molecule has 1 amide bonds. The molecule has 0 heterocycles. The molecule has 4 N–H and O–H groups in total. The minimum Gasteiger partial charge on any atom is -0.399 e. The maximum atomic E-state index is 11.7. The van der Waals surface area contributed by atoms with Crippen molar-refractivity contribution in [1.82, 2.24) is 5.32 Å². The van der Waals surface area contributed by atoms with Gasteiger partial charge in [0.2, 0.25) is 0 Å². The van der Waals surface area contributed by atoms with Gasteiger partial charge in [-0.05, 0) is 24.6 Å². The molecule has 112 valence electrons. The monoisotopic (exact) mass is 281 g/mol. The van der Waals surface area contributed by atoms with Crippen LogP contribution in [0.5, 0.6) is 0 Å². The highest BCUT2D eigenvalue weighted by molar-refractivity contribution is 6.00. The van der Waals surface area contributed by atoms with E-state index in [0.717, 1.165) is 12.1 Å². The van der Waals surface area contributed by atoms with Crippen molar-refractivity contribution in [1.29, 1.82) is 0 Å². The molecule has 1 aromatic rings. The Morgan fingerprint density at radius 3 is 2.80 bits per heavy atom. The molecule has 0 aromatic heterocycles. The maximum Gasteiger partial charge on any atom is 0.253 e. The van der Waals surface area contributed by atoms with Crippen LogP contribution >= 0.6 is 0 Å². The second kappa shape index (κ2) is 9.17. The lowest BCUT2D eigenvalue weighted by atomic mass is 10.1. The lowest BCUT2D eigenvalue weighted by Gasteiger charge is -2.12. The van der Waals surface area contributed by atoms with Gasteiger partial charge in [-0.2, -0.15) is 0 Å². The molecule has 0 aliphatic carbocycles. The van der Waals surface area contributed by atoms with Crippen LogP contribution in [0.25, 0.3) is 0 Å². The van der Waals surface area contributed by atoms with Crippen molar-refractivity contribution in [2.75, 3.05) is 51.6 Å². The van der Waals surface area contributed by atoms with E-state index in [-0.39, 0.29) is 5.91 Å². The van der Waals surface area contributed by atoms with Crippen LogP contribution in [0.15, 0.2) is 18.2 Å². The zero-order chi connectivity index (χ0) is 14.8. The highest BCUT2D eigenvalue weighted by atomic mass is 16.5. The molecule has 1 rings (SSSR count). The van der Waals surface area contributed by atoms with Crippen LogP contribution in [0.4, 0.5) is 11.4 Å². The minimum atomic E-state index is -0.135. The zero-order valence-corrected chi connectivity index (χ0v) is 12.1. The molecular weight excluding hydrogens is 258 g/mol. The van der Waals surface area contributed by atoms with Gasteiger partial charge in [0.15, 0.2) is 0 Å². The number of carbonyl (C=O) groups is 1. The van der Waals surface area contributed by atoms with Gasteiger partial charge < -0.3 is 25.8 Å². The summed E-state index contributed by atoms with van der Waals surface area (Å²) in [6, 6.07) is 5.19. The number of amides is 1. The number of nitrogens with one attached hydrogen (secondary N) is 2. The number of nitrogens with two attached hydrogens (primary N) is 1. The lowest BCUT2D eigenvalue weighted by Crippen LogP contribution is -2.20. The first kappa shape index (κ1) is 16.3. The summed E-state index contributed by atoms with van der Waals surface area (Å²) in [5.41, 5.74) is 7.69. The normalized spacial score (nSPS) is 10.3. The van der Waals surface area contributed by atoms with E-state index in [0.29, 0.717) is 37.6 Å². The van der Waals surface area contributed by atoms with Crippen molar-refractivity contribution >= 4 is 17.3 Å². The highest BCUT2D eigenvalue weighted by Crippen LogP contribution is 2.19. The number of methoxy groups -OCH3 is 1. The van der Waals surface area contributed by atoms with E-state index in [1.807, 2.05) is 0 Å². The SMILES string of the molecule is CNC(=O)c1ccc(N)cc1NCCCOCCOC. The smallest absolute Gasteiger partial charge is 0.253 e. The quantitative estimate of drug-likeness (QED) is 0.466. The molecule has 0 bridgehead atoms. The first-order valence-electron chi connectivity index (χ1n) is 6.61. The maximum absolute atomic E-state index is 11.7. The number of hydrogen-bond acceptors (Lipinski definition) is 5. The van der Waals surface area contributed by atoms with Gasteiger partial charge in [0.1, 0.15) is 0 Å². The zero-order valence-electron chi connectivity index (χ0n) is 12.1. The van der Waals surface area contributed by atoms with Crippen molar-refractivity contribution in [2.45, 2.75) is 6.42 Å². The molecule has 6 nitrogen and oxygen atoms in total. The highest BCUT2D eigenvalue weighted by Gasteiger charge is 2.09. The van der Waals surface area contributed by atoms with Crippen LogP contribution in [0.1, 0.15) is 16.8 Å². The molecule has 0 radical (unpaired) electrons. The Hall–Kier alpha value is -1.79. The number of ether oxygens (including phenoxy) is 2. The molecular formula is C14H23N3O3. The number of carbonyl (C=O) groups excluding carboxylic acids is 1. The number of benzene rings is 1. The molecule has 0 aliphatic heterocycles. The van der Waals surface area contributed by atoms with Gasteiger partial charge in [-0.25, -0.2) is 0 Å². The number of nitrogen functional groups attached to an aromatic ring is 1. The largest absolute Gasteiger partial charge is 0.399 e. The summed E-state index contributed by atoms with van der Waals surface area (Å²) in [7, 11) is 3.25. The summed E-state index contributed by atoms with van der Waals surface area (Å²) in [5, 5.41) is 5.82. The standard InChI is InChI=1S/C14H23N3O3/c1-16-14(18)12-5-4-11(15)10-13(12)17-6-3-7-20-9-8-19-2/h4-5,10,17H,3,6-9,15H2,1-2H3,(H,16,18). The van der Waals surface area contributed by atoms with Gasteiger partial charge in [0.05, 0.1) is 18.8 Å². The van der Waals surface area contributed by atoms with Crippen molar-refractivity contribution < 1.29 is 14.3 Å². The fourth-order valence-electron chi connectivity index (χ4n) is 1.68. The van der Waals surface area contributed by atoms with E-state index < -0.39 is 0 Å². The Labute approximate surface area is 119 Å². The summed E-state index contributed by atoms with van der Waals surface area (Å²) in [4.78, 5) is 11.7. The predicted octanol–water partition coefficient (Wildman–Crippen LogP) is 1.09. The van der Waals surface area contributed by atoms with Crippen molar-refractivity contribution in [2.24, 2.45) is 0 Å². The summed E-state index contributed by atoms with van der Waals surface area (Å²) < 4.78 is 10.3. The molecule has 0 aliphatic rings. The van der Waals surface area contributed by atoms with Gasteiger partial charge in [0, 0.05) is 38.7 Å². The fourth-order valence-corrected chi connectivity index (χ4v) is 1.68. The van der Waals surface area contributed by atoms with Gasteiger partial charge in [-0.3, -0.25) is 4.79 Å². The van der Waals surface area contributed by atoms with Crippen molar-refractivity contribution in [3.8, 4) is 0 Å². The predicted molar refractivity (Wildman–Crippen MR) is 80.0 cm³/mol. The summed E-state index contributed by atoms with van der Waals surface area (Å²) in [5.74, 6) is -0.135. The minimum absolute atomic E-state index is 0.135. The third-order valence-corrected chi connectivity index (χ3v) is 2.73. The second-order valence-electron chi connectivity index (χ2n) is 4.27. The van der Waals surface area contributed by atoms with E-state index in [4.69, 9.17) is 15.2 Å². The topological polar surface area (TPSA) is 85.6 Å². The summed E-state index contributed by atoms with van der Waals surface area (Å²) in [6.45, 7) is 2.55. The average molecular weight is 281 g/mol. The van der Waals surface area contributed by atoms with E-state index in [2.05, 4.69) is 10.6 Å². The molecule has 1 aromatic carbocycles. The molecule has 20 heavy (non-hydrogen) atoms. The van der Waals surface area contributed by atoms with Crippen LogP contribution in [0.3, 0.4) is 0 Å². The first-order chi connectivity index (χ1) is 9.69. The molecule has 0 saturated carbocycles. The fraction of sp³-hybridized carbons (Fsp3) is 0.500. The van der Waals surface area contributed by atoms with Gasteiger partial charge in [0.25, 0.3) is 5.91 Å². The molecule has 0 atom stereocenters. The van der Waals surface area contributed by atoms with Gasteiger partial charge >= 0.3 is 0 Å². The molecule has 0 unspecified atom stereocenters. The number of anilines is 2. The van der Waals surface area contributed by atoms with Crippen LogP contribution in [-0.4, -0.2) is 46.4 Å². The van der Waals surface area contributed by atoms with Crippen LogP contribution in [0, 0.1) is 0 Å². The Balaban J connectivity index is 2.42. The Morgan fingerprint density at radius 1 is 1.30 bits per heavy atom. The van der Waals surface area contributed by atoms with Crippen molar-refractivity contribution in [3.63, 3.8) is 0 Å². The number of hydrogen-bond donors (Lipinski definition) is 3. The molecule has 0 fully saturated rings. The first-order valence-corrected chi connectivity index (χ1v) is 6.61. The lowest BCUT2D eigenvalue weighted by molar-refractivity contribution is 0.0705. The molecule has 0 spiro atoms.